The van der Waals surface area contributed by atoms with E-state index in [-0.39, 0.29) is 0 Å². The molecule has 1 fully saturated rings. The van der Waals surface area contributed by atoms with Crippen LogP contribution in [0.3, 0.4) is 0 Å². The van der Waals surface area contributed by atoms with Crippen LogP contribution in [0.5, 0.6) is 0 Å². The molecule has 0 spiro atoms. The Bertz CT molecular complexity index is 177. The number of likely N-dealkylation sites (tertiary alicyclic amines) is 1. The summed E-state index contributed by atoms with van der Waals surface area (Å²) in [7, 11) is 0. The first-order valence-electron chi connectivity index (χ1n) is 7.08. The largest absolute Gasteiger partial charge is 0.330 e. The summed E-state index contributed by atoms with van der Waals surface area (Å²) >= 11 is 0. The predicted octanol–water partition coefficient (Wildman–Crippen LogP) is 2.87. The third-order valence-electron chi connectivity index (χ3n) is 4.65. The van der Waals surface area contributed by atoms with Crippen molar-refractivity contribution in [1.29, 1.82) is 0 Å². The zero-order valence-corrected chi connectivity index (χ0v) is 11.5. The zero-order valence-electron chi connectivity index (χ0n) is 11.5. The van der Waals surface area contributed by atoms with Gasteiger partial charge in [-0.15, -0.1) is 0 Å². The maximum Gasteiger partial charge on any atom is 0.000750 e. The molecular formula is C14H30N2. The van der Waals surface area contributed by atoms with Gasteiger partial charge in [-0.05, 0) is 50.2 Å². The van der Waals surface area contributed by atoms with Gasteiger partial charge in [0, 0.05) is 6.54 Å². The van der Waals surface area contributed by atoms with Crippen LogP contribution in [0.2, 0.25) is 0 Å². The van der Waals surface area contributed by atoms with Gasteiger partial charge >= 0.3 is 0 Å². The molecule has 0 radical (unpaired) electrons. The maximum atomic E-state index is 5.60. The monoisotopic (exact) mass is 226 g/mol. The summed E-state index contributed by atoms with van der Waals surface area (Å²) in [6.45, 7) is 11.7. The summed E-state index contributed by atoms with van der Waals surface area (Å²) in [6, 6.07) is 0. The second kappa shape index (κ2) is 6.61. The Morgan fingerprint density at radius 3 is 2.19 bits per heavy atom. The molecule has 1 atom stereocenters. The highest BCUT2D eigenvalue weighted by molar-refractivity contribution is 4.84. The molecule has 1 saturated heterocycles. The second-order valence-corrected chi connectivity index (χ2v) is 5.69. The van der Waals surface area contributed by atoms with Crippen LogP contribution in [-0.4, -0.2) is 31.1 Å². The molecule has 0 saturated carbocycles. The smallest absolute Gasteiger partial charge is 0.000750 e. The average Bonchev–Trinajstić information content (AvgIpc) is 2.31. The molecule has 96 valence electrons. The highest BCUT2D eigenvalue weighted by Crippen LogP contribution is 2.37. The molecule has 1 aliphatic rings. The molecule has 0 bridgehead atoms. The molecule has 0 aromatic carbocycles. The summed E-state index contributed by atoms with van der Waals surface area (Å²) in [6.07, 6.45) is 6.68. The molecule has 1 heterocycles. The topological polar surface area (TPSA) is 29.3 Å². The molecule has 0 amide bonds. The van der Waals surface area contributed by atoms with Crippen LogP contribution in [-0.2, 0) is 0 Å². The zero-order chi connectivity index (χ0) is 12.0. The van der Waals surface area contributed by atoms with Gasteiger partial charge in [-0.25, -0.2) is 0 Å². The molecule has 16 heavy (non-hydrogen) atoms. The van der Waals surface area contributed by atoms with E-state index in [2.05, 4.69) is 25.7 Å². The van der Waals surface area contributed by atoms with Gasteiger partial charge in [0.1, 0.15) is 0 Å². The quantitative estimate of drug-likeness (QED) is 0.754. The molecule has 0 aliphatic carbocycles. The van der Waals surface area contributed by atoms with Crippen LogP contribution in [0, 0.1) is 11.3 Å². The summed E-state index contributed by atoms with van der Waals surface area (Å²) in [5, 5.41) is 0. The first-order chi connectivity index (χ1) is 7.65. The van der Waals surface area contributed by atoms with E-state index in [9.17, 15) is 0 Å². The summed E-state index contributed by atoms with van der Waals surface area (Å²) in [5.74, 6) is 0.765. The lowest BCUT2D eigenvalue weighted by Gasteiger charge is -2.41. The summed E-state index contributed by atoms with van der Waals surface area (Å²) < 4.78 is 0. The minimum Gasteiger partial charge on any atom is -0.330 e. The highest BCUT2D eigenvalue weighted by atomic mass is 15.1. The van der Waals surface area contributed by atoms with Crippen LogP contribution in [0.1, 0.15) is 52.9 Å². The Kier molecular flexibility index (Phi) is 5.77. The van der Waals surface area contributed by atoms with E-state index in [4.69, 9.17) is 5.73 Å². The highest BCUT2D eigenvalue weighted by Gasteiger charge is 2.31. The Morgan fingerprint density at radius 2 is 1.75 bits per heavy atom. The molecule has 1 rings (SSSR count). The first kappa shape index (κ1) is 14.0. The van der Waals surface area contributed by atoms with Crippen molar-refractivity contribution in [2.24, 2.45) is 17.1 Å². The van der Waals surface area contributed by atoms with E-state index in [1.54, 1.807) is 0 Å². The van der Waals surface area contributed by atoms with Crippen molar-refractivity contribution in [3.05, 3.63) is 0 Å². The van der Waals surface area contributed by atoms with Gasteiger partial charge in [-0.2, -0.15) is 0 Å². The minimum atomic E-state index is 0.660. The van der Waals surface area contributed by atoms with Gasteiger partial charge in [-0.1, -0.05) is 33.6 Å². The number of hydrogen-bond donors (Lipinski definition) is 1. The minimum absolute atomic E-state index is 0.660. The van der Waals surface area contributed by atoms with E-state index < -0.39 is 0 Å². The van der Waals surface area contributed by atoms with Crippen molar-refractivity contribution in [2.75, 3.05) is 26.2 Å². The van der Waals surface area contributed by atoms with Crippen molar-refractivity contribution in [1.82, 2.24) is 4.90 Å². The molecule has 0 aromatic rings. The van der Waals surface area contributed by atoms with Gasteiger partial charge in [0.15, 0.2) is 0 Å². The van der Waals surface area contributed by atoms with Crippen molar-refractivity contribution >= 4 is 0 Å². The Balaban J connectivity index is 2.31. The van der Waals surface area contributed by atoms with Crippen LogP contribution >= 0.6 is 0 Å². The third kappa shape index (κ3) is 3.74. The number of nitrogens with two attached hydrogens (primary N) is 1. The molecular weight excluding hydrogens is 196 g/mol. The van der Waals surface area contributed by atoms with Crippen molar-refractivity contribution < 1.29 is 0 Å². The second-order valence-electron chi connectivity index (χ2n) is 5.69. The van der Waals surface area contributed by atoms with Crippen LogP contribution in [0.4, 0.5) is 0 Å². The molecule has 2 nitrogen and oxygen atoms in total. The van der Waals surface area contributed by atoms with Gasteiger partial charge in [0.25, 0.3) is 0 Å². The molecule has 1 aliphatic heterocycles. The lowest BCUT2D eigenvalue weighted by molar-refractivity contribution is 0.0854. The molecule has 1 unspecified atom stereocenters. The fourth-order valence-corrected chi connectivity index (χ4v) is 2.98. The van der Waals surface area contributed by atoms with E-state index in [0.29, 0.717) is 5.41 Å². The lowest BCUT2D eigenvalue weighted by atomic mass is 9.74. The number of hydrogen-bond acceptors (Lipinski definition) is 2. The van der Waals surface area contributed by atoms with Crippen molar-refractivity contribution in [2.45, 2.75) is 52.9 Å². The fourth-order valence-electron chi connectivity index (χ4n) is 2.98. The standard InChI is InChI=1S/C14H30N2/c1-4-14(5-2)7-10-16(11-8-14)12-13(3)6-9-15/h13H,4-12,15H2,1-3H3. The van der Waals surface area contributed by atoms with Gasteiger partial charge < -0.3 is 10.6 Å². The van der Waals surface area contributed by atoms with Crippen LogP contribution in [0.25, 0.3) is 0 Å². The third-order valence-corrected chi connectivity index (χ3v) is 4.65. The number of piperidine rings is 1. The van der Waals surface area contributed by atoms with E-state index >= 15 is 0 Å². The average molecular weight is 226 g/mol. The maximum absolute atomic E-state index is 5.60. The fraction of sp³-hybridized carbons (Fsp3) is 1.00. The van der Waals surface area contributed by atoms with E-state index in [1.807, 2.05) is 0 Å². The summed E-state index contributed by atoms with van der Waals surface area (Å²) in [4.78, 5) is 2.64. The molecule has 2 heteroatoms. The van der Waals surface area contributed by atoms with Gasteiger partial charge in [0.05, 0.1) is 0 Å². The number of nitrogens with zero attached hydrogens (tertiary/aromatic N) is 1. The van der Waals surface area contributed by atoms with Gasteiger partial charge in [0.2, 0.25) is 0 Å². The normalized spacial score (nSPS) is 23.2. The lowest BCUT2D eigenvalue weighted by Crippen LogP contribution is -2.41. The summed E-state index contributed by atoms with van der Waals surface area (Å²) in [5.41, 5.74) is 6.26. The number of rotatable bonds is 6. The predicted molar refractivity (Wildman–Crippen MR) is 71.5 cm³/mol. The Labute approximate surface area is 102 Å². The van der Waals surface area contributed by atoms with E-state index in [0.717, 1.165) is 12.5 Å². The van der Waals surface area contributed by atoms with Crippen LogP contribution < -0.4 is 5.73 Å². The van der Waals surface area contributed by atoms with E-state index in [1.165, 1.54) is 51.7 Å². The van der Waals surface area contributed by atoms with Crippen molar-refractivity contribution in [3.63, 3.8) is 0 Å². The Hall–Kier alpha value is -0.0800. The molecule has 0 aromatic heterocycles. The SMILES string of the molecule is CCC1(CC)CCN(CC(C)CCN)CC1. The Morgan fingerprint density at radius 1 is 1.19 bits per heavy atom. The van der Waals surface area contributed by atoms with Crippen molar-refractivity contribution in [3.8, 4) is 0 Å². The van der Waals surface area contributed by atoms with Crippen LogP contribution in [0.15, 0.2) is 0 Å². The van der Waals surface area contributed by atoms with Gasteiger partial charge in [-0.3, -0.25) is 0 Å². The molecule has 2 N–H and O–H groups in total. The first-order valence-corrected chi connectivity index (χ1v) is 7.08.